The number of allylic oxidation sites excluding steroid dienone is 6. The molecule has 3 aromatic heterocycles. The third-order valence-electron chi connectivity index (χ3n) is 26.2. The monoisotopic (exact) mass is 1800 g/mol. The highest BCUT2D eigenvalue weighted by molar-refractivity contribution is 6.39. The van der Waals surface area contributed by atoms with Gasteiger partial charge in [0.2, 0.25) is 17.6 Å². The first-order valence-electron chi connectivity index (χ1n) is 46.1. The van der Waals surface area contributed by atoms with Gasteiger partial charge in [0, 0.05) is 84.4 Å². The number of piperidine rings is 2. The van der Waals surface area contributed by atoms with Crippen LogP contribution in [0.15, 0.2) is 94.7 Å². The van der Waals surface area contributed by atoms with E-state index < -0.39 is 95.7 Å². The van der Waals surface area contributed by atoms with Crippen molar-refractivity contribution in [2.45, 2.75) is 231 Å². The molecule has 710 valence electrons. The third-order valence-corrected chi connectivity index (χ3v) is 26.2. The van der Waals surface area contributed by atoms with E-state index in [4.69, 9.17) is 83.6 Å². The van der Waals surface area contributed by atoms with Gasteiger partial charge in [-0.05, 0) is 180 Å². The molecule has 0 radical (unpaired) electrons. The number of carbonyl (C=O) groups is 7. The van der Waals surface area contributed by atoms with Gasteiger partial charge in [0.1, 0.15) is 53.8 Å². The van der Waals surface area contributed by atoms with Crippen molar-refractivity contribution in [3.05, 3.63) is 107 Å². The third kappa shape index (κ3) is 27.6. The summed E-state index contributed by atoms with van der Waals surface area (Å²) in [5.74, 6) is -6.88. The number of ketones is 2. The molecule has 8 heterocycles. The van der Waals surface area contributed by atoms with Gasteiger partial charge in [-0.1, -0.05) is 89.3 Å². The lowest BCUT2D eigenvalue weighted by Crippen LogP contribution is -2.61. The molecule has 5 aliphatic heterocycles. The minimum atomic E-state index is -2.45. The Balaban J connectivity index is 0.538. The zero-order chi connectivity index (χ0) is 92.3. The van der Waals surface area contributed by atoms with E-state index in [9.17, 15) is 43.8 Å². The van der Waals surface area contributed by atoms with Gasteiger partial charge in [0.15, 0.2) is 17.0 Å². The minimum absolute atomic E-state index is 0.0212. The number of ether oxygens (including phenoxy) is 12. The van der Waals surface area contributed by atoms with E-state index in [-0.39, 0.29) is 106 Å². The van der Waals surface area contributed by atoms with E-state index >= 15 is 0 Å². The maximum absolute atomic E-state index is 14.8. The molecule has 11 rings (SSSR count). The van der Waals surface area contributed by atoms with Crippen LogP contribution in [0.2, 0.25) is 0 Å². The van der Waals surface area contributed by atoms with Crippen LogP contribution in [0, 0.1) is 35.5 Å². The summed E-state index contributed by atoms with van der Waals surface area (Å²) in [7, 11) is 4.60. The highest BCUT2D eigenvalue weighted by Crippen LogP contribution is 2.40. The Morgan fingerprint density at radius 2 is 1.41 bits per heavy atom. The number of aliphatic hydroxyl groups excluding tert-OH is 1. The quantitative estimate of drug-likeness (QED) is 0.0101. The number of amides is 4. The van der Waals surface area contributed by atoms with Crippen molar-refractivity contribution in [2.75, 3.05) is 145 Å². The number of aromatic nitrogens is 5. The molecule has 34 nitrogen and oxygen atoms in total. The van der Waals surface area contributed by atoms with Crippen LogP contribution in [-0.4, -0.2) is 284 Å². The molecule has 2 bridgehead atoms. The minimum Gasteiger partial charge on any atom is -0.461 e. The fourth-order valence-electron chi connectivity index (χ4n) is 18.4. The summed E-state index contributed by atoms with van der Waals surface area (Å²) in [5, 5.41) is 32.3. The molecule has 1 aliphatic carbocycles. The van der Waals surface area contributed by atoms with E-state index in [0.29, 0.717) is 209 Å². The molecule has 9 N–H and O–H groups in total. The van der Waals surface area contributed by atoms with Crippen LogP contribution >= 0.6 is 0 Å². The second-order valence-electron chi connectivity index (χ2n) is 35.7. The molecule has 0 unspecified atom stereocenters. The zero-order valence-electron chi connectivity index (χ0n) is 76.9. The van der Waals surface area contributed by atoms with Crippen LogP contribution in [0.5, 0.6) is 0 Å². The maximum Gasteiger partial charge on any atom is 0.410 e. The first kappa shape index (κ1) is 101. The number of Topliss-reactive ketones (excluding diaryl/α,β-unsaturated/α-hetero) is 2. The van der Waals surface area contributed by atoms with E-state index in [1.165, 1.54) is 23.9 Å². The Labute approximate surface area is 756 Å². The van der Waals surface area contributed by atoms with Crippen molar-refractivity contribution in [2.24, 2.45) is 41.2 Å². The normalized spacial score (nSPS) is 27.2. The van der Waals surface area contributed by atoms with Crippen LogP contribution in [0.1, 0.15) is 168 Å². The number of nitrogens with one attached hydrogen (secondary N) is 1. The van der Waals surface area contributed by atoms with E-state index in [1.807, 2.05) is 92.8 Å². The fraction of sp³-hybridized carbons (Fsp3) is 0.653. The van der Waals surface area contributed by atoms with Crippen molar-refractivity contribution in [1.82, 2.24) is 44.7 Å². The Bertz CT molecular complexity index is 4660. The molecule has 0 spiro atoms. The highest BCUT2D eigenvalue weighted by Gasteiger charge is 2.53. The summed E-state index contributed by atoms with van der Waals surface area (Å²) in [6.45, 7) is 19.8. The van der Waals surface area contributed by atoms with Gasteiger partial charge in [-0.25, -0.2) is 24.2 Å². The molecule has 5 aromatic rings. The predicted octanol–water partition coefficient (Wildman–Crippen LogP) is 9.29. The van der Waals surface area contributed by atoms with Gasteiger partial charge in [-0.3, -0.25) is 24.0 Å². The molecule has 2 aromatic carbocycles. The van der Waals surface area contributed by atoms with Crippen LogP contribution < -0.4 is 22.5 Å². The van der Waals surface area contributed by atoms with Gasteiger partial charge >= 0.3 is 12.1 Å². The number of nitrogens with two attached hydrogens (primary N) is 3. The lowest BCUT2D eigenvalue weighted by atomic mass is 9.78. The fourth-order valence-corrected chi connectivity index (χ4v) is 18.4. The number of aliphatic hydroxyl groups is 2. The molecule has 6 aliphatic rings. The van der Waals surface area contributed by atoms with Crippen LogP contribution in [0.3, 0.4) is 0 Å². The highest BCUT2D eigenvalue weighted by atomic mass is 16.6. The first-order chi connectivity index (χ1) is 62.1. The molecule has 129 heavy (non-hydrogen) atoms. The Kier molecular flexibility index (Phi) is 38.1. The summed E-state index contributed by atoms with van der Waals surface area (Å²) in [6.07, 6.45) is 15.2. The van der Waals surface area contributed by atoms with Crippen LogP contribution in [0.25, 0.3) is 33.4 Å². The number of rotatable bonds is 32. The molecule has 34 heteroatoms. The number of nitrogens with zero attached hydrogens (tertiary/aromatic N) is 8. The molecular formula is C95H138N12O22. The van der Waals surface area contributed by atoms with Crippen LogP contribution in [0.4, 0.5) is 16.6 Å². The SMILES string of the molecule is CO[C@H]1C[C@@H]2CC[C@@H](C)[C@@](O)(O2)C(=O)C(=O)N2CCCC[C@H]2C(=O)O[C@H]([C@H](C)C[C@@H]2CC[C@@H](OC(=O)N3CCC(N)(C(=O)NCCOCCOCCOCCOCCOCCOCCC(=O)N4CCc5cc(Cn6nc(-c7ccc8oc(N)nc8c7)c7c(N)ncnc76)ccc5C4)CC3)[C@H](OC)C2)CC[C@H](C)/C=C(\C)[C@@H](O)[C@@H](OC)C(=O)[C@H](C)C[C@H](C)/C=C/C=CC=C1C. The second-order valence-corrected chi connectivity index (χ2v) is 35.7. The first-order valence-corrected chi connectivity index (χ1v) is 46.1. The summed E-state index contributed by atoms with van der Waals surface area (Å²) in [4.78, 5) is 116. The number of fused-ring (bicyclic) bond motifs is 6. The molecule has 1 saturated carbocycles. The summed E-state index contributed by atoms with van der Waals surface area (Å²) < 4.78 is 77.9. The largest absolute Gasteiger partial charge is 0.461 e. The number of benzene rings is 2. The maximum atomic E-state index is 14.8. The van der Waals surface area contributed by atoms with Crippen molar-refractivity contribution in [3.63, 3.8) is 0 Å². The Morgan fingerprint density at radius 1 is 0.705 bits per heavy atom. The summed E-state index contributed by atoms with van der Waals surface area (Å²) in [6, 6.07) is 10.8. The number of methoxy groups -OCH3 is 3. The Morgan fingerprint density at radius 3 is 2.11 bits per heavy atom. The molecule has 4 fully saturated rings. The number of nitrogen functional groups attached to an aromatic ring is 2. The molecule has 15 atom stereocenters. The van der Waals surface area contributed by atoms with Gasteiger partial charge < -0.3 is 109 Å². The predicted molar refractivity (Wildman–Crippen MR) is 481 cm³/mol. The molecule has 3 saturated heterocycles. The lowest BCUT2D eigenvalue weighted by molar-refractivity contribution is -0.265. The number of anilines is 2. The van der Waals surface area contributed by atoms with Gasteiger partial charge in [0.05, 0.1) is 121 Å². The van der Waals surface area contributed by atoms with Crippen molar-refractivity contribution in [3.8, 4) is 11.3 Å². The number of likely N-dealkylation sites (tertiary alicyclic amines) is 1. The second kappa shape index (κ2) is 48.9. The number of carbonyl (C=O) groups excluding carboxylic acids is 7. The number of esters is 1. The molecule has 4 amide bonds. The lowest BCUT2D eigenvalue weighted by Gasteiger charge is -2.42. The topological polar surface area (TPSA) is 440 Å². The Hall–Kier alpha value is -9.01. The summed E-state index contributed by atoms with van der Waals surface area (Å²) >= 11 is 0. The number of hydrogen-bond donors (Lipinski definition) is 6. The van der Waals surface area contributed by atoms with E-state index in [2.05, 4.69) is 38.5 Å². The van der Waals surface area contributed by atoms with E-state index in [1.54, 1.807) is 39.0 Å². The van der Waals surface area contributed by atoms with Crippen molar-refractivity contribution >= 4 is 75.3 Å². The number of hydrogen-bond acceptors (Lipinski definition) is 29. The number of oxazole rings is 1. The van der Waals surface area contributed by atoms with Gasteiger partial charge in [0.25, 0.3) is 17.7 Å². The van der Waals surface area contributed by atoms with Crippen LogP contribution in [-0.2, 0) is 105 Å². The summed E-state index contributed by atoms with van der Waals surface area (Å²) in [5.41, 5.74) is 25.6. The van der Waals surface area contributed by atoms with Gasteiger partial charge in [-0.2, -0.15) is 10.1 Å². The standard InChI is InChI=1S/C95H138N12O22/c1-60-16-12-11-13-17-62(3)78(117-8)56-72-25-20-66(7)95(116,129-72)86(111)89(112)106-34-15-14-18-74(106)90(113)126-75(26-19-61(2)51-65(6)84(110)85(119-10)83(109)64(5)50-60)63(4)52-67-22-27-77(79(54-67)118-9)128-93(115)104-36-31-94(98,32-37-104)91(114)99-33-39-121-41-43-123-45-47-125-49-48-124-46-44-122-42-40-120-38-30-80(108)105-35-29-69-53-68(21-23-71(69)58-105)57-107-88-81(87(96)100-59-101-88)82(103-107)70-24-28-76-73(55-70)102-92(97)127-76/h11-13,16-17,21,23-24,28,51,53,55,59-61,63-64,66-67,72,74-75,77-79,84-85,110,116H,14-15,18-20,22,25-27,29-50,52,54,56-58,98H2,1-10H3,(H2,97,102)(H,99,114)(H2,96,100,101)/b13-11?,16-12+,62-17?,65-51+/t60-,61+,63-,64-,66-,67+,72+,74+,75+,77-,78+,79-,84-,85+,95-/m1/s1. The van der Waals surface area contributed by atoms with Crippen molar-refractivity contribution in [1.29, 1.82) is 0 Å². The average Bonchev–Trinajstić information content (AvgIpc) is 1.61. The average molecular weight is 1800 g/mol. The van der Waals surface area contributed by atoms with E-state index in [0.717, 1.165) is 28.7 Å². The smallest absolute Gasteiger partial charge is 0.410 e. The molecular weight excluding hydrogens is 1660 g/mol. The van der Waals surface area contributed by atoms with Crippen molar-refractivity contribution < 1.29 is 105 Å². The van der Waals surface area contributed by atoms with Gasteiger partial charge in [-0.15, -0.1) is 0 Å². The zero-order valence-corrected chi connectivity index (χ0v) is 76.9. The number of cyclic esters (lactones) is 1.